The second kappa shape index (κ2) is 21.9. The van der Waals surface area contributed by atoms with E-state index in [-0.39, 0.29) is 6.04 Å². The lowest BCUT2D eigenvalue weighted by Crippen LogP contribution is -2.20. The molecule has 1 aliphatic heterocycles. The van der Waals surface area contributed by atoms with E-state index in [1.54, 1.807) is 11.8 Å². The van der Waals surface area contributed by atoms with Crippen molar-refractivity contribution in [2.75, 3.05) is 25.2 Å². The lowest BCUT2D eigenvalue weighted by molar-refractivity contribution is 0.122. The Morgan fingerprint density at radius 2 is 1.74 bits per heavy atom. The fraction of sp³-hybridized carbons (Fsp3) is 0.486. The van der Waals surface area contributed by atoms with E-state index in [0.717, 1.165) is 65.9 Å². The van der Waals surface area contributed by atoms with Crippen LogP contribution >= 0.6 is 11.8 Å². The van der Waals surface area contributed by atoms with Crippen molar-refractivity contribution < 1.29 is 4.74 Å². The molecule has 2 aromatic carbocycles. The van der Waals surface area contributed by atoms with E-state index in [2.05, 4.69) is 102 Å². The summed E-state index contributed by atoms with van der Waals surface area (Å²) >= 11 is 1.73. The highest BCUT2D eigenvalue weighted by Crippen LogP contribution is 2.23. The van der Waals surface area contributed by atoms with Crippen LogP contribution in [0.1, 0.15) is 97.3 Å². The molecule has 0 amide bonds. The molecular weight excluding hydrogens is 534 g/mol. The minimum atomic E-state index is -0.0563. The molecule has 3 rings (SSSR count). The molecule has 1 heterocycles. The Labute approximate surface area is 262 Å². The summed E-state index contributed by atoms with van der Waals surface area (Å²) in [7, 11) is 0. The Morgan fingerprint density at radius 3 is 2.29 bits per heavy atom. The van der Waals surface area contributed by atoms with Gasteiger partial charge in [-0.15, -0.1) is 11.8 Å². The van der Waals surface area contributed by atoms with Crippen LogP contribution in [0.2, 0.25) is 0 Å². The zero-order valence-electron chi connectivity index (χ0n) is 27.6. The molecule has 5 heteroatoms. The van der Waals surface area contributed by atoms with E-state index < -0.39 is 0 Å². The third kappa shape index (κ3) is 13.9. The molecule has 2 unspecified atom stereocenters. The zero-order valence-corrected chi connectivity index (χ0v) is 28.4. The number of benzene rings is 2. The number of nitrogens with zero attached hydrogens (tertiary/aromatic N) is 1. The van der Waals surface area contributed by atoms with Crippen LogP contribution in [-0.2, 0) is 11.2 Å². The van der Waals surface area contributed by atoms with Crippen LogP contribution in [0, 0.1) is 5.92 Å². The SMILES string of the molecule is C=C(C)C1N=C(c2ccc(SC)cc2)N/C1=C\C=C\c1cc(CC)ccc1N.CCCC.CCCOCCC(C)CC. The molecule has 2 aromatic rings. The summed E-state index contributed by atoms with van der Waals surface area (Å²) in [5.41, 5.74) is 12.3. The van der Waals surface area contributed by atoms with Crippen LogP contribution in [0.25, 0.3) is 6.08 Å². The monoisotopic (exact) mass is 591 g/mol. The first-order chi connectivity index (χ1) is 20.2. The Kier molecular flexibility index (Phi) is 19.4. The van der Waals surface area contributed by atoms with Crippen molar-refractivity contribution in [3.63, 3.8) is 0 Å². The first kappa shape index (κ1) is 37.3. The number of hydrogen-bond donors (Lipinski definition) is 2. The molecule has 0 saturated heterocycles. The molecule has 0 bridgehead atoms. The number of nitrogens with one attached hydrogen (secondary N) is 1. The lowest BCUT2D eigenvalue weighted by Gasteiger charge is -2.08. The van der Waals surface area contributed by atoms with Crippen molar-refractivity contribution in [2.45, 2.75) is 97.9 Å². The molecule has 0 aliphatic carbocycles. The molecule has 232 valence electrons. The van der Waals surface area contributed by atoms with Crippen molar-refractivity contribution in [1.29, 1.82) is 0 Å². The van der Waals surface area contributed by atoms with Crippen LogP contribution in [0.4, 0.5) is 5.69 Å². The van der Waals surface area contributed by atoms with Crippen LogP contribution in [0.15, 0.2) is 82.4 Å². The number of anilines is 1. The van der Waals surface area contributed by atoms with Crippen molar-refractivity contribution in [1.82, 2.24) is 5.32 Å². The maximum Gasteiger partial charge on any atom is 0.133 e. The smallest absolute Gasteiger partial charge is 0.133 e. The van der Waals surface area contributed by atoms with E-state index >= 15 is 0 Å². The molecule has 0 radical (unpaired) electrons. The number of ether oxygens (including phenoxy) is 1. The lowest BCUT2D eigenvalue weighted by atomic mass is 10.1. The number of aryl methyl sites for hydroxylation is 1. The fourth-order valence-corrected chi connectivity index (χ4v) is 4.23. The van der Waals surface area contributed by atoms with Gasteiger partial charge in [-0.1, -0.05) is 103 Å². The van der Waals surface area contributed by atoms with E-state index in [0.29, 0.717) is 0 Å². The highest BCUT2D eigenvalue weighted by molar-refractivity contribution is 7.98. The number of hydrogen-bond acceptors (Lipinski definition) is 5. The minimum Gasteiger partial charge on any atom is -0.398 e. The summed E-state index contributed by atoms with van der Waals surface area (Å²) in [6, 6.07) is 14.6. The van der Waals surface area contributed by atoms with Crippen LogP contribution < -0.4 is 11.1 Å². The standard InChI is InChI=1S/C24H27N3S.C9H20O.C4H10/c1-5-17-9-14-21(25)19(15-17)7-6-8-22-23(16(2)3)27-24(26-22)18-10-12-20(28-4)13-11-18;1-4-7-10-8-6-9(3)5-2;1-3-4-2/h6-15,23H,2,5,25H2,1,3-4H3,(H,26,27);9H,4-8H2,1-3H3;3-4H2,1-2H3/b7-6+,22-8-;;. The van der Waals surface area contributed by atoms with Gasteiger partial charge in [0, 0.05) is 35.1 Å². The summed E-state index contributed by atoms with van der Waals surface area (Å²) in [6.07, 6.45) is 15.5. The van der Waals surface area contributed by atoms with Gasteiger partial charge in [-0.3, -0.25) is 4.99 Å². The highest BCUT2D eigenvalue weighted by atomic mass is 32.2. The van der Waals surface area contributed by atoms with Crippen LogP contribution in [0.3, 0.4) is 0 Å². The van der Waals surface area contributed by atoms with Gasteiger partial charge in [-0.2, -0.15) is 0 Å². The normalized spacial score (nSPS) is 15.8. The third-order valence-corrected chi connectivity index (χ3v) is 7.80. The maximum absolute atomic E-state index is 6.11. The van der Waals surface area contributed by atoms with Gasteiger partial charge in [0.1, 0.15) is 11.9 Å². The van der Waals surface area contributed by atoms with Crippen LogP contribution in [-0.4, -0.2) is 31.3 Å². The number of nitrogens with two attached hydrogens (primary N) is 1. The summed E-state index contributed by atoms with van der Waals surface area (Å²) in [5.74, 6) is 1.71. The second-order valence-corrected chi connectivity index (χ2v) is 11.7. The Morgan fingerprint density at radius 1 is 1.05 bits per heavy atom. The summed E-state index contributed by atoms with van der Waals surface area (Å²) in [4.78, 5) is 6.08. The topological polar surface area (TPSA) is 59.6 Å². The average molecular weight is 592 g/mol. The Balaban J connectivity index is 0.000000526. The van der Waals surface area contributed by atoms with Gasteiger partial charge >= 0.3 is 0 Å². The van der Waals surface area contributed by atoms with Gasteiger partial charge in [-0.25, -0.2) is 0 Å². The number of thioether (sulfide) groups is 1. The van der Waals surface area contributed by atoms with Crippen molar-refractivity contribution >= 4 is 29.4 Å². The van der Waals surface area contributed by atoms with Crippen LogP contribution in [0.5, 0.6) is 0 Å². The number of rotatable bonds is 13. The molecule has 2 atom stereocenters. The van der Waals surface area contributed by atoms with E-state index in [4.69, 9.17) is 15.5 Å². The minimum absolute atomic E-state index is 0.0563. The predicted octanol–water partition coefficient (Wildman–Crippen LogP) is 10.1. The largest absolute Gasteiger partial charge is 0.398 e. The molecule has 0 saturated carbocycles. The number of nitrogen functional groups attached to an aromatic ring is 1. The molecule has 3 N–H and O–H groups in total. The van der Waals surface area contributed by atoms with E-state index in [1.807, 2.05) is 25.1 Å². The first-order valence-electron chi connectivity index (χ1n) is 15.7. The summed E-state index contributed by atoms with van der Waals surface area (Å²) < 4.78 is 5.36. The molecule has 1 aliphatic rings. The van der Waals surface area contributed by atoms with E-state index in [9.17, 15) is 0 Å². The third-order valence-electron chi connectivity index (χ3n) is 7.06. The van der Waals surface area contributed by atoms with Gasteiger partial charge < -0.3 is 15.8 Å². The number of unbranched alkanes of at least 4 members (excludes halogenated alkanes) is 1. The average Bonchev–Trinajstić information content (AvgIpc) is 3.45. The molecule has 0 fully saturated rings. The highest BCUT2D eigenvalue weighted by Gasteiger charge is 2.23. The molecular formula is C37H57N3OS. The van der Waals surface area contributed by atoms with Crippen molar-refractivity contribution in [3.05, 3.63) is 89.2 Å². The molecule has 42 heavy (non-hydrogen) atoms. The molecule has 0 spiro atoms. The number of amidine groups is 1. The molecule has 4 nitrogen and oxygen atoms in total. The number of aliphatic imine (C=N–C) groups is 1. The fourth-order valence-electron chi connectivity index (χ4n) is 3.82. The van der Waals surface area contributed by atoms with Gasteiger partial charge in [0.15, 0.2) is 0 Å². The van der Waals surface area contributed by atoms with Gasteiger partial charge in [-0.05, 0) is 79.8 Å². The molecule has 0 aromatic heterocycles. The Hall–Kier alpha value is -2.76. The van der Waals surface area contributed by atoms with Gasteiger partial charge in [0.2, 0.25) is 0 Å². The van der Waals surface area contributed by atoms with Gasteiger partial charge in [0.25, 0.3) is 0 Å². The predicted molar refractivity (Wildman–Crippen MR) is 190 cm³/mol. The first-order valence-corrected chi connectivity index (χ1v) is 17.0. The van der Waals surface area contributed by atoms with Crippen molar-refractivity contribution in [3.8, 4) is 0 Å². The number of allylic oxidation sites excluding steroid dienone is 2. The summed E-state index contributed by atoms with van der Waals surface area (Å²) in [5, 5.41) is 3.46. The summed E-state index contributed by atoms with van der Waals surface area (Å²) in [6.45, 7) is 21.1. The maximum atomic E-state index is 6.11. The van der Waals surface area contributed by atoms with Gasteiger partial charge in [0.05, 0.1) is 0 Å². The van der Waals surface area contributed by atoms with Crippen molar-refractivity contribution in [2.24, 2.45) is 10.9 Å². The Bertz CT molecular complexity index is 1130. The quantitative estimate of drug-likeness (QED) is 0.105. The second-order valence-electron chi connectivity index (χ2n) is 10.8. The van der Waals surface area contributed by atoms with E-state index in [1.165, 1.54) is 36.1 Å². The zero-order chi connectivity index (χ0) is 31.3.